The van der Waals surface area contributed by atoms with Crippen molar-refractivity contribution in [2.75, 3.05) is 41.2 Å². The molecule has 0 bridgehead atoms. The SMILES string of the molecule is COc1cc(/C=C/C(=O)O[C@@H]2[C@H](O)[C@@H](CO)O[C@@]2(CO)O[C@H]2O[C@H](CO)[C@@H](O)[C@H](O)[C@H]2O)cc(OC)c1OC. The Hall–Kier alpha value is -2.57. The molecule has 2 fully saturated rings. The van der Waals surface area contributed by atoms with Crippen molar-refractivity contribution in [2.45, 2.75) is 54.8 Å². The fraction of sp³-hybridized carbons (Fsp3) is 0.625. The number of hydrogen-bond donors (Lipinski definition) is 7. The number of methoxy groups -OCH3 is 3. The number of hydrogen-bond acceptors (Lipinski definition) is 15. The van der Waals surface area contributed by atoms with Crippen LogP contribution in [0.4, 0.5) is 0 Å². The van der Waals surface area contributed by atoms with Crippen LogP contribution < -0.4 is 14.2 Å². The van der Waals surface area contributed by atoms with Crippen molar-refractivity contribution >= 4 is 12.0 Å². The summed E-state index contributed by atoms with van der Waals surface area (Å²) in [5, 5.41) is 70.3. The normalized spacial score (nSPS) is 34.7. The minimum atomic E-state index is -2.38. The van der Waals surface area contributed by atoms with Crippen molar-refractivity contribution in [3.8, 4) is 17.2 Å². The third kappa shape index (κ3) is 6.28. The molecule has 2 aliphatic heterocycles. The highest BCUT2D eigenvalue weighted by Crippen LogP contribution is 2.39. The zero-order chi connectivity index (χ0) is 28.9. The van der Waals surface area contributed by atoms with Gasteiger partial charge in [0.2, 0.25) is 11.5 Å². The Morgan fingerprint density at radius 1 is 0.897 bits per heavy atom. The van der Waals surface area contributed by atoms with Gasteiger partial charge in [0, 0.05) is 6.08 Å². The van der Waals surface area contributed by atoms with Crippen molar-refractivity contribution in [1.29, 1.82) is 0 Å². The van der Waals surface area contributed by atoms with E-state index >= 15 is 0 Å². The van der Waals surface area contributed by atoms with Gasteiger partial charge in [-0.3, -0.25) is 0 Å². The summed E-state index contributed by atoms with van der Waals surface area (Å²) in [7, 11) is 4.27. The molecule has 39 heavy (non-hydrogen) atoms. The molecule has 1 aromatic rings. The Kier molecular flexibility index (Phi) is 10.5. The van der Waals surface area contributed by atoms with Gasteiger partial charge in [0.1, 0.15) is 43.2 Å². The fourth-order valence-electron chi connectivity index (χ4n) is 4.30. The van der Waals surface area contributed by atoms with E-state index in [2.05, 4.69) is 0 Å². The highest BCUT2D eigenvalue weighted by atomic mass is 16.8. The molecular formula is C24H34O15. The van der Waals surface area contributed by atoms with Gasteiger partial charge in [-0.2, -0.15) is 0 Å². The minimum absolute atomic E-state index is 0.322. The largest absolute Gasteiger partial charge is 0.493 e. The van der Waals surface area contributed by atoms with Crippen LogP contribution in [0.15, 0.2) is 18.2 Å². The Morgan fingerprint density at radius 2 is 1.51 bits per heavy atom. The summed E-state index contributed by atoms with van der Waals surface area (Å²) >= 11 is 0. The van der Waals surface area contributed by atoms with Crippen molar-refractivity contribution in [3.05, 3.63) is 23.8 Å². The summed E-state index contributed by atoms with van der Waals surface area (Å²) in [4.78, 5) is 12.7. The van der Waals surface area contributed by atoms with Gasteiger partial charge in [-0.05, 0) is 23.8 Å². The highest BCUT2D eigenvalue weighted by molar-refractivity contribution is 5.87. The van der Waals surface area contributed by atoms with Crippen LogP contribution in [0.3, 0.4) is 0 Å². The minimum Gasteiger partial charge on any atom is -0.493 e. The van der Waals surface area contributed by atoms with Crippen LogP contribution in [0, 0.1) is 0 Å². The molecule has 15 nitrogen and oxygen atoms in total. The van der Waals surface area contributed by atoms with Gasteiger partial charge in [-0.15, -0.1) is 0 Å². The summed E-state index contributed by atoms with van der Waals surface area (Å²) in [6.45, 7) is -2.59. The summed E-state index contributed by atoms with van der Waals surface area (Å²) < 4.78 is 37.5. The molecule has 9 atom stereocenters. The summed E-state index contributed by atoms with van der Waals surface area (Å²) in [5.41, 5.74) is 0.448. The molecule has 1 aromatic carbocycles. The quantitative estimate of drug-likeness (QED) is 0.105. The van der Waals surface area contributed by atoms with Gasteiger partial charge in [-0.1, -0.05) is 0 Å². The van der Waals surface area contributed by atoms with Crippen molar-refractivity contribution in [1.82, 2.24) is 0 Å². The van der Waals surface area contributed by atoms with E-state index in [4.69, 9.17) is 33.2 Å². The average molecular weight is 563 g/mol. The lowest BCUT2D eigenvalue weighted by Crippen LogP contribution is -2.63. The molecule has 15 heteroatoms. The molecule has 0 aliphatic carbocycles. The number of aliphatic hydroxyl groups excluding tert-OH is 7. The zero-order valence-electron chi connectivity index (χ0n) is 21.4. The summed E-state index contributed by atoms with van der Waals surface area (Å²) in [6.07, 6.45) is -11.1. The van der Waals surface area contributed by atoms with Crippen LogP contribution in [0.1, 0.15) is 5.56 Å². The summed E-state index contributed by atoms with van der Waals surface area (Å²) in [5.74, 6) is -2.43. The number of esters is 1. The first-order valence-electron chi connectivity index (χ1n) is 11.8. The zero-order valence-corrected chi connectivity index (χ0v) is 21.4. The predicted octanol–water partition coefficient (Wildman–Crippen LogP) is -3.11. The van der Waals surface area contributed by atoms with Crippen molar-refractivity contribution in [3.63, 3.8) is 0 Å². The molecule has 0 saturated carbocycles. The lowest BCUT2D eigenvalue weighted by Gasteiger charge is -2.43. The van der Waals surface area contributed by atoms with E-state index < -0.39 is 80.6 Å². The van der Waals surface area contributed by atoms with E-state index in [1.165, 1.54) is 27.4 Å². The van der Waals surface area contributed by atoms with E-state index in [1.54, 1.807) is 12.1 Å². The second-order valence-electron chi connectivity index (χ2n) is 8.76. The molecule has 0 aromatic heterocycles. The van der Waals surface area contributed by atoms with E-state index in [0.717, 1.165) is 6.08 Å². The first-order valence-corrected chi connectivity index (χ1v) is 11.8. The fourth-order valence-corrected chi connectivity index (χ4v) is 4.30. The standard InChI is InChI=1S/C24H34O15/c1-33-12-6-11(7-13(34-2)21(12)35-3)4-5-16(28)37-22-18(30)15(9-26)38-24(22,10-27)39-23-20(32)19(31)17(29)14(8-25)36-23/h4-7,14-15,17-20,22-23,25-27,29-32H,8-10H2,1-3H3/b5-4+/t14-,15-,17-,18-,19+,20-,22-,23-,24+/m1/s1. The van der Waals surface area contributed by atoms with Gasteiger partial charge in [0.15, 0.2) is 23.9 Å². The molecule has 2 saturated heterocycles. The summed E-state index contributed by atoms with van der Waals surface area (Å²) in [6, 6.07) is 3.11. The lowest BCUT2D eigenvalue weighted by molar-refractivity contribution is -0.383. The predicted molar refractivity (Wildman–Crippen MR) is 128 cm³/mol. The number of benzene rings is 1. The van der Waals surface area contributed by atoms with Crippen LogP contribution in [0.25, 0.3) is 6.08 Å². The molecule has 220 valence electrons. The molecule has 7 N–H and O–H groups in total. The van der Waals surface area contributed by atoms with Gasteiger partial charge in [-0.25, -0.2) is 4.79 Å². The third-order valence-electron chi connectivity index (χ3n) is 6.38. The first-order chi connectivity index (χ1) is 18.6. The van der Waals surface area contributed by atoms with Gasteiger partial charge < -0.3 is 68.9 Å². The molecular weight excluding hydrogens is 528 g/mol. The average Bonchev–Trinajstić information content (AvgIpc) is 3.21. The molecule has 2 heterocycles. The van der Waals surface area contributed by atoms with Crippen LogP contribution in [0.2, 0.25) is 0 Å². The topological polar surface area (TPSA) is 223 Å². The molecule has 3 rings (SSSR count). The number of rotatable bonds is 11. The van der Waals surface area contributed by atoms with E-state index in [0.29, 0.717) is 22.8 Å². The van der Waals surface area contributed by atoms with E-state index in [9.17, 15) is 40.5 Å². The molecule has 0 amide bonds. The highest BCUT2D eigenvalue weighted by Gasteiger charge is 2.60. The van der Waals surface area contributed by atoms with E-state index in [1.807, 2.05) is 0 Å². The molecule has 0 spiro atoms. The number of carbonyl (C=O) groups excluding carboxylic acids is 1. The van der Waals surface area contributed by atoms with Gasteiger partial charge >= 0.3 is 5.97 Å². The van der Waals surface area contributed by atoms with E-state index in [-0.39, 0.29) is 0 Å². The van der Waals surface area contributed by atoms with Crippen molar-refractivity contribution < 1.29 is 73.7 Å². The number of aliphatic hydroxyl groups is 7. The molecule has 2 aliphatic rings. The Bertz CT molecular complexity index is 975. The van der Waals surface area contributed by atoms with Gasteiger partial charge in [0.05, 0.1) is 34.5 Å². The Morgan fingerprint density at radius 3 is 2.03 bits per heavy atom. The smallest absolute Gasteiger partial charge is 0.331 e. The maximum absolute atomic E-state index is 12.7. The monoisotopic (exact) mass is 562 g/mol. The van der Waals surface area contributed by atoms with Crippen LogP contribution in [-0.2, 0) is 23.7 Å². The van der Waals surface area contributed by atoms with Crippen LogP contribution >= 0.6 is 0 Å². The van der Waals surface area contributed by atoms with Gasteiger partial charge in [0.25, 0.3) is 0 Å². The molecule has 0 unspecified atom stereocenters. The van der Waals surface area contributed by atoms with Crippen LogP contribution in [-0.4, -0.2) is 138 Å². The Labute approximate surface area is 223 Å². The lowest BCUT2D eigenvalue weighted by atomic mass is 9.99. The van der Waals surface area contributed by atoms with Crippen molar-refractivity contribution in [2.24, 2.45) is 0 Å². The maximum atomic E-state index is 12.7. The third-order valence-corrected chi connectivity index (χ3v) is 6.38. The second-order valence-corrected chi connectivity index (χ2v) is 8.76. The number of carbonyl (C=O) groups is 1. The number of ether oxygens (including phenoxy) is 7. The Balaban J connectivity index is 1.84. The molecule has 0 radical (unpaired) electrons. The first kappa shape index (κ1) is 31.0. The second kappa shape index (κ2) is 13.2. The maximum Gasteiger partial charge on any atom is 0.331 e. The van der Waals surface area contributed by atoms with Crippen LogP contribution in [0.5, 0.6) is 17.2 Å².